The van der Waals surface area contributed by atoms with Gasteiger partial charge in [0, 0.05) is 12.1 Å². The van der Waals surface area contributed by atoms with E-state index in [0.29, 0.717) is 18.8 Å². The van der Waals surface area contributed by atoms with Crippen LogP contribution in [-0.2, 0) is 6.54 Å². The summed E-state index contributed by atoms with van der Waals surface area (Å²) in [5.41, 5.74) is 5.70. The van der Waals surface area contributed by atoms with Gasteiger partial charge < -0.3 is 15.1 Å². The van der Waals surface area contributed by atoms with Crippen LogP contribution in [0.3, 0.4) is 0 Å². The van der Waals surface area contributed by atoms with E-state index in [0.717, 1.165) is 6.07 Å². The lowest BCUT2D eigenvalue weighted by atomic mass is 10.1. The van der Waals surface area contributed by atoms with Gasteiger partial charge in [-0.15, -0.1) is 0 Å². The predicted octanol–water partition coefficient (Wildman–Crippen LogP) is 2.66. The largest absolute Gasteiger partial charge is 0.467 e. The van der Waals surface area contributed by atoms with Gasteiger partial charge in [-0.05, 0) is 37.3 Å². The van der Waals surface area contributed by atoms with Gasteiger partial charge in [-0.25, -0.2) is 4.39 Å². The quantitative estimate of drug-likeness (QED) is 0.862. The molecule has 2 N–H and O–H groups in total. The molecule has 0 aliphatic rings. The van der Waals surface area contributed by atoms with Crippen LogP contribution in [-0.4, -0.2) is 17.4 Å². The molecule has 0 unspecified atom stereocenters. The van der Waals surface area contributed by atoms with Gasteiger partial charge in [0.15, 0.2) is 0 Å². The fourth-order valence-corrected chi connectivity index (χ4v) is 1.76. The van der Waals surface area contributed by atoms with Crippen molar-refractivity contribution in [3.63, 3.8) is 0 Å². The molecule has 2 rings (SSSR count). The first kappa shape index (κ1) is 13.1. The molecule has 19 heavy (non-hydrogen) atoms. The van der Waals surface area contributed by atoms with Gasteiger partial charge in [0.2, 0.25) is 0 Å². The number of furan rings is 1. The second-order valence-corrected chi connectivity index (χ2v) is 4.13. The van der Waals surface area contributed by atoms with E-state index in [4.69, 9.17) is 10.2 Å². The maximum Gasteiger partial charge on any atom is 0.254 e. The highest BCUT2D eigenvalue weighted by molar-refractivity contribution is 5.94. The van der Waals surface area contributed by atoms with Crippen LogP contribution in [0.5, 0.6) is 0 Å². The lowest BCUT2D eigenvalue weighted by Gasteiger charge is -2.19. The zero-order valence-electron chi connectivity index (χ0n) is 10.6. The number of anilines is 1. The van der Waals surface area contributed by atoms with Crippen LogP contribution in [0.1, 0.15) is 23.0 Å². The lowest BCUT2D eigenvalue weighted by Crippen LogP contribution is -2.30. The van der Waals surface area contributed by atoms with Crippen molar-refractivity contribution in [3.05, 3.63) is 53.7 Å². The number of nitrogen functional groups attached to an aromatic ring is 1. The third-order valence-corrected chi connectivity index (χ3v) is 2.84. The van der Waals surface area contributed by atoms with Crippen LogP contribution in [0.4, 0.5) is 10.1 Å². The number of nitrogens with zero attached hydrogens (tertiary/aromatic N) is 1. The normalized spacial score (nSPS) is 10.4. The number of hydrogen-bond acceptors (Lipinski definition) is 3. The summed E-state index contributed by atoms with van der Waals surface area (Å²) in [6.07, 6.45) is 1.55. The molecule has 1 aromatic heterocycles. The van der Waals surface area contributed by atoms with E-state index in [9.17, 15) is 9.18 Å². The molecule has 1 aromatic carbocycles. The molecule has 2 aromatic rings. The number of hydrogen-bond donors (Lipinski definition) is 1. The van der Waals surface area contributed by atoms with E-state index in [1.54, 1.807) is 23.3 Å². The van der Waals surface area contributed by atoms with Gasteiger partial charge in [0.05, 0.1) is 18.5 Å². The number of carbonyl (C=O) groups excluding carboxylic acids is 1. The van der Waals surface area contributed by atoms with Crippen molar-refractivity contribution in [2.24, 2.45) is 0 Å². The summed E-state index contributed by atoms with van der Waals surface area (Å²) in [6, 6.07) is 7.62. The van der Waals surface area contributed by atoms with Crippen LogP contribution >= 0.6 is 0 Å². The SMILES string of the molecule is CCN(Cc1ccco1)C(=O)c1ccc(N)c(F)c1. The van der Waals surface area contributed by atoms with Crippen molar-refractivity contribution >= 4 is 11.6 Å². The topological polar surface area (TPSA) is 59.5 Å². The highest BCUT2D eigenvalue weighted by Gasteiger charge is 2.16. The first-order valence-corrected chi connectivity index (χ1v) is 5.98. The Morgan fingerprint density at radius 2 is 2.21 bits per heavy atom. The van der Waals surface area contributed by atoms with Crippen molar-refractivity contribution in [1.82, 2.24) is 4.90 Å². The minimum atomic E-state index is -0.583. The summed E-state index contributed by atoms with van der Waals surface area (Å²) in [6.45, 7) is 2.72. The smallest absolute Gasteiger partial charge is 0.254 e. The van der Waals surface area contributed by atoms with Gasteiger partial charge in [-0.1, -0.05) is 0 Å². The number of amides is 1. The molecule has 0 fully saturated rings. The average Bonchev–Trinajstić information content (AvgIpc) is 2.91. The van der Waals surface area contributed by atoms with Crippen LogP contribution < -0.4 is 5.73 Å². The zero-order chi connectivity index (χ0) is 13.8. The number of rotatable bonds is 4. The van der Waals surface area contributed by atoms with E-state index >= 15 is 0 Å². The molecule has 0 spiro atoms. The molecule has 4 nitrogen and oxygen atoms in total. The maximum atomic E-state index is 13.4. The summed E-state index contributed by atoms with van der Waals surface area (Å²) in [7, 11) is 0. The van der Waals surface area contributed by atoms with E-state index in [2.05, 4.69) is 0 Å². The lowest BCUT2D eigenvalue weighted by molar-refractivity contribution is 0.0741. The Balaban J connectivity index is 2.18. The minimum absolute atomic E-state index is 0.0330. The number of benzene rings is 1. The first-order valence-electron chi connectivity index (χ1n) is 5.98. The second kappa shape index (κ2) is 5.56. The number of halogens is 1. The molecule has 0 saturated heterocycles. The highest BCUT2D eigenvalue weighted by atomic mass is 19.1. The van der Waals surface area contributed by atoms with Gasteiger partial charge in [0.1, 0.15) is 11.6 Å². The average molecular weight is 262 g/mol. The Hall–Kier alpha value is -2.30. The molecule has 0 radical (unpaired) electrons. The molecule has 1 heterocycles. The molecular formula is C14H15FN2O2. The van der Waals surface area contributed by atoms with Crippen LogP contribution in [0.2, 0.25) is 0 Å². The summed E-state index contributed by atoms with van der Waals surface area (Å²) in [5.74, 6) is -0.149. The monoisotopic (exact) mass is 262 g/mol. The predicted molar refractivity (Wildman–Crippen MR) is 69.9 cm³/mol. The molecule has 0 saturated carbocycles. The van der Waals surface area contributed by atoms with E-state index in [1.807, 2.05) is 6.92 Å². The van der Waals surface area contributed by atoms with E-state index in [1.165, 1.54) is 12.1 Å². The first-order chi connectivity index (χ1) is 9.11. The van der Waals surface area contributed by atoms with Gasteiger partial charge in [-0.2, -0.15) is 0 Å². The highest BCUT2D eigenvalue weighted by Crippen LogP contribution is 2.15. The molecule has 100 valence electrons. The molecule has 0 aliphatic carbocycles. The Morgan fingerprint density at radius 1 is 1.42 bits per heavy atom. The fourth-order valence-electron chi connectivity index (χ4n) is 1.76. The second-order valence-electron chi connectivity index (χ2n) is 4.13. The van der Waals surface area contributed by atoms with Crippen molar-refractivity contribution in [3.8, 4) is 0 Å². The Labute approximate surface area is 110 Å². The minimum Gasteiger partial charge on any atom is -0.467 e. The van der Waals surface area contributed by atoms with Crippen molar-refractivity contribution in [1.29, 1.82) is 0 Å². The van der Waals surface area contributed by atoms with Crippen molar-refractivity contribution in [2.75, 3.05) is 12.3 Å². The Bertz CT molecular complexity index is 567. The number of nitrogens with two attached hydrogens (primary N) is 1. The van der Waals surface area contributed by atoms with Crippen molar-refractivity contribution in [2.45, 2.75) is 13.5 Å². The van der Waals surface area contributed by atoms with Gasteiger partial charge >= 0.3 is 0 Å². The molecule has 5 heteroatoms. The van der Waals surface area contributed by atoms with Gasteiger partial charge in [-0.3, -0.25) is 4.79 Å². The maximum absolute atomic E-state index is 13.4. The van der Waals surface area contributed by atoms with Crippen LogP contribution in [0.25, 0.3) is 0 Å². The summed E-state index contributed by atoms with van der Waals surface area (Å²) >= 11 is 0. The molecule has 1 amide bonds. The standard InChI is InChI=1S/C14H15FN2O2/c1-2-17(9-11-4-3-7-19-11)14(18)10-5-6-13(16)12(15)8-10/h3-8H,2,9,16H2,1H3. The summed E-state index contributed by atoms with van der Waals surface area (Å²) < 4.78 is 18.6. The zero-order valence-corrected chi connectivity index (χ0v) is 10.6. The molecular weight excluding hydrogens is 247 g/mol. The molecule has 0 aliphatic heterocycles. The Morgan fingerprint density at radius 3 is 2.79 bits per heavy atom. The third kappa shape index (κ3) is 2.93. The molecule has 0 atom stereocenters. The van der Waals surface area contributed by atoms with E-state index in [-0.39, 0.29) is 17.2 Å². The fraction of sp³-hybridized carbons (Fsp3) is 0.214. The van der Waals surface area contributed by atoms with Gasteiger partial charge in [0.25, 0.3) is 5.91 Å². The molecule has 0 bridgehead atoms. The van der Waals surface area contributed by atoms with Crippen LogP contribution in [0.15, 0.2) is 41.0 Å². The summed E-state index contributed by atoms with van der Waals surface area (Å²) in [4.78, 5) is 13.8. The number of carbonyl (C=O) groups is 1. The Kier molecular flexibility index (Phi) is 3.85. The van der Waals surface area contributed by atoms with Crippen LogP contribution in [0, 0.1) is 5.82 Å². The third-order valence-electron chi connectivity index (χ3n) is 2.84. The van der Waals surface area contributed by atoms with E-state index < -0.39 is 5.82 Å². The summed E-state index contributed by atoms with van der Waals surface area (Å²) in [5, 5.41) is 0. The van der Waals surface area contributed by atoms with Crippen molar-refractivity contribution < 1.29 is 13.6 Å².